The molecule has 2 aliphatic heterocycles. The van der Waals surface area contributed by atoms with E-state index in [9.17, 15) is 24.4 Å². The van der Waals surface area contributed by atoms with Gasteiger partial charge in [-0.1, -0.05) is 5.11 Å². The summed E-state index contributed by atoms with van der Waals surface area (Å²) in [4.78, 5) is 31.9. The highest BCUT2D eigenvalue weighted by Crippen LogP contribution is 2.58. The SMILES string of the molecule is [N-]=[N+]=N[C@]1(COP2(=O)OCC[C@@H](c3ccncc3)O2)O[C@@H](n2ccc(=O)[nH]c2=O)[C@H](O)[C@@H]1O. The van der Waals surface area contributed by atoms with Gasteiger partial charge in [-0.15, -0.1) is 0 Å². The molecule has 0 aliphatic carbocycles. The zero-order chi connectivity index (χ0) is 23.6. The summed E-state index contributed by atoms with van der Waals surface area (Å²) < 4.78 is 35.3. The number of nitrogens with one attached hydrogen (secondary N) is 1. The summed E-state index contributed by atoms with van der Waals surface area (Å²) in [5, 5.41) is 24.4. The second-order valence-electron chi connectivity index (χ2n) is 7.21. The highest BCUT2D eigenvalue weighted by molar-refractivity contribution is 7.48. The van der Waals surface area contributed by atoms with E-state index in [4.69, 9.17) is 23.8 Å². The number of phosphoric ester groups is 1. The topological polar surface area (TPSA) is 211 Å². The third kappa shape index (κ3) is 4.62. The summed E-state index contributed by atoms with van der Waals surface area (Å²) in [6.45, 7) is -0.815. The van der Waals surface area contributed by atoms with Crippen molar-refractivity contribution in [1.82, 2.24) is 14.5 Å². The molecule has 2 aromatic heterocycles. The molecule has 15 nitrogen and oxygen atoms in total. The van der Waals surface area contributed by atoms with Gasteiger partial charge >= 0.3 is 13.5 Å². The lowest BCUT2D eigenvalue weighted by Gasteiger charge is -2.32. The van der Waals surface area contributed by atoms with Crippen LogP contribution in [-0.4, -0.2) is 55.9 Å². The summed E-state index contributed by atoms with van der Waals surface area (Å²) in [5.41, 5.74) is 5.78. The molecular formula is C17H19N6O9P. The molecule has 3 N–H and O–H groups in total. The molecule has 2 aromatic rings. The van der Waals surface area contributed by atoms with E-state index in [1.165, 1.54) is 0 Å². The summed E-state index contributed by atoms with van der Waals surface area (Å²) in [5.74, 6) is 0. The summed E-state index contributed by atoms with van der Waals surface area (Å²) in [7, 11) is -4.20. The quantitative estimate of drug-likeness (QED) is 0.224. The molecule has 2 aliphatic rings. The number of phosphoric acid groups is 1. The number of nitrogens with zero attached hydrogens (tertiary/aromatic N) is 5. The molecule has 33 heavy (non-hydrogen) atoms. The van der Waals surface area contributed by atoms with Gasteiger partial charge in [0, 0.05) is 36.0 Å². The molecule has 4 rings (SSSR count). The first kappa shape index (κ1) is 23.3. The van der Waals surface area contributed by atoms with Gasteiger partial charge in [0.1, 0.15) is 12.2 Å². The maximum atomic E-state index is 13.0. The second kappa shape index (κ2) is 9.17. The fourth-order valence-corrected chi connectivity index (χ4v) is 4.89. The van der Waals surface area contributed by atoms with E-state index in [1.807, 2.05) is 4.98 Å². The number of hydrogen-bond acceptors (Lipinski definition) is 11. The van der Waals surface area contributed by atoms with Gasteiger partial charge in [-0.05, 0) is 23.2 Å². The minimum absolute atomic E-state index is 0.0280. The average molecular weight is 482 g/mol. The number of aliphatic hydroxyl groups is 2. The Morgan fingerprint density at radius 3 is 2.82 bits per heavy atom. The number of aliphatic hydroxyl groups excluding tert-OH is 2. The molecule has 16 heteroatoms. The van der Waals surface area contributed by atoms with Crippen LogP contribution >= 0.6 is 7.82 Å². The van der Waals surface area contributed by atoms with E-state index >= 15 is 0 Å². The monoisotopic (exact) mass is 482 g/mol. The lowest BCUT2D eigenvalue weighted by atomic mass is 10.1. The Kier molecular flexibility index (Phi) is 6.47. The van der Waals surface area contributed by atoms with Crippen LogP contribution in [0.5, 0.6) is 0 Å². The fraction of sp³-hybridized carbons (Fsp3) is 0.471. The van der Waals surface area contributed by atoms with E-state index in [-0.39, 0.29) is 6.61 Å². The molecule has 1 unspecified atom stereocenters. The van der Waals surface area contributed by atoms with Crippen molar-refractivity contribution in [3.63, 3.8) is 0 Å². The van der Waals surface area contributed by atoms with Crippen molar-refractivity contribution in [3.05, 3.63) is 73.6 Å². The van der Waals surface area contributed by atoms with Crippen molar-refractivity contribution >= 4 is 7.82 Å². The molecule has 4 heterocycles. The first-order chi connectivity index (χ1) is 15.8. The van der Waals surface area contributed by atoms with Gasteiger partial charge < -0.3 is 14.9 Å². The second-order valence-corrected chi connectivity index (χ2v) is 8.83. The molecule has 0 saturated carbocycles. The van der Waals surface area contributed by atoms with Crippen LogP contribution < -0.4 is 11.2 Å². The zero-order valence-corrected chi connectivity index (χ0v) is 17.7. The van der Waals surface area contributed by atoms with Gasteiger partial charge in [0.15, 0.2) is 6.23 Å². The fourth-order valence-electron chi connectivity index (χ4n) is 3.48. The number of rotatable bonds is 6. The number of pyridine rings is 1. The van der Waals surface area contributed by atoms with Crippen molar-refractivity contribution in [2.75, 3.05) is 13.2 Å². The Balaban J connectivity index is 1.55. The number of ether oxygens (including phenoxy) is 1. The van der Waals surface area contributed by atoms with Gasteiger partial charge in [0.2, 0.25) is 5.72 Å². The molecule has 6 atom stereocenters. The normalized spacial score (nSPS) is 34.0. The van der Waals surface area contributed by atoms with Gasteiger partial charge in [-0.3, -0.25) is 32.9 Å². The summed E-state index contributed by atoms with van der Waals surface area (Å²) in [6, 6.07) is 4.35. The maximum absolute atomic E-state index is 13.0. The van der Waals surface area contributed by atoms with Gasteiger partial charge in [0.05, 0.1) is 19.3 Å². The van der Waals surface area contributed by atoms with Crippen LogP contribution in [0.25, 0.3) is 10.4 Å². The number of H-pyrrole nitrogens is 1. The third-order valence-corrected chi connectivity index (χ3v) is 6.59. The molecular weight excluding hydrogens is 463 g/mol. The van der Waals surface area contributed by atoms with Crippen LogP contribution in [0.4, 0.5) is 0 Å². The number of aromatic nitrogens is 3. The molecule has 176 valence electrons. The van der Waals surface area contributed by atoms with Gasteiger partial charge in [-0.25, -0.2) is 9.36 Å². The van der Waals surface area contributed by atoms with Crippen LogP contribution in [-0.2, 0) is 22.9 Å². The lowest BCUT2D eigenvalue weighted by Crippen LogP contribution is -2.45. The van der Waals surface area contributed by atoms with Crippen molar-refractivity contribution < 1.29 is 33.1 Å². The van der Waals surface area contributed by atoms with Gasteiger partial charge in [-0.2, -0.15) is 0 Å². The minimum atomic E-state index is -4.20. The summed E-state index contributed by atoms with van der Waals surface area (Å²) >= 11 is 0. The van der Waals surface area contributed by atoms with Crippen molar-refractivity contribution in [3.8, 4) is 0 Å². The molecule has 0 aromatic carbocycles. The van der Waals surface area contributed by atoms with Crippen LogP contribution in [0.2, 0.25) is 0 Å². The van der Waals surface area contributed by atoms with E-state index < -0.39 is 55.9 Å². The first-order valence-electron chi connectivity index (χ1n) is 9.66. The Labute approximate surface area is 184 Å². The molecule has 0 radical (unpaired) electrons. The first-order valence-corrected chi connectivity index (χ1v) is 11.1. The minimum Gasteiger partial charge on any atom is -0.387 e. The van der Waals surface area contributed by atoms with Crippen LogP contribution in [0, 0.1) is 0 Å². The van der Waals surface area contributed by atoms with Crippen molar-refractivity contribution in [2.45, 2.75) is 36.7 Å². The predicted molar refractivity (Wildman–Crippen MR) is 108 cm³/mol. The molecule has 2 fully saturated rings. The Morgan fingerprint density at radius 1 is 1.36 bits per heavy atom. The average Bonchev–Trinajstić information content (AvgIpc) is 3.04. The summed E-state index contributed by atoms with van der Waals surface area (Å²) in [6.07, 6.45) is -1.37. The molecule has 0 spiro atoms. The number of hydrogen-bond donors (Lipinski definition) is 3. The highest BCUT2D eigenvalue weighted by Gasteiger charge is 2.56. The standard InChI is InChI=1S/C17H19N6O9P/c18-22-21-17(14(26)13(25)15(31-17)23-7-3-12(24)20-16(23)27)9-30-33(28)29-8-4-11(32-33)10-1-5-19-6-2-10/h1-3,5-7,11,13-15,25-26H,4,8-9H2,(H,20,24,27)/t11-,13+,14-,15+,17+,33?/m0/s1. The lowest BCUT2D eigenvalue weighted by molar-refractivity contribution is -0.127. The van der Waals surface area contributed by atoms with Crippen molar-refractivity contribution in [2.24, 2.45) is 5.11 Å². The Morgan fingerprint density at radius 2 is 2.12 bits per heavy atom. The van der Waals surface area contributed by atoms with E-state index in [2.05, 4.69) is 15.0 Å². The predicted octanol–water partition coefficient (Wildman–Crippen LogP) is 0.492. The Hall–Kier alpha value is -2.87. The van der Waals surface area contributed by atoms with E-state index in [0.717, 1.165) is 16.8 Å². The molecule has 0 amide bonds. The van der Waals surface area contributed by atoms with Crippen molar-refractivity contribution in [1.29, 1.82) is 0 Å². The highest BCUT2D eigenvalue weighted by atomic mass is 31.2. The zero-order valence-electron chi connectivity index (χ0n) is 16.8. The van der Waals surface area contributed by atoms with Crippen LogP contribution in [0.3, 0.4) is 0 Å². The maximum Gasteiger partial charge on any atom is 0.475 e. The van der Waals surface area contributed by atoms with Crippen LogP contribution in [0.15, 0.2) is 51.5 Å². The van der Waals surface area contributed by atoms with Gasteiger partial charge in [0.25, 0.3) is 5.56 Å². The third-order valence-electron chi connectivity index (χ3n) is 5.14. The smallest absolute Gasteiger partial charge is 0.387 e. The van der Waals surface area contributed by atoms with E-state index in [0.29, 0.717) is 12.0 Å². The Bertz CT molecular complexity index is 1220. The largest absolute Gasteiger partial charge is 0.475 e. The molecule has 2 saturated heterocycles. The number of aromatic amines is 1. The van der Waals surface area contributed by atoms with E-state index in [1.54, 1.807) is 24.5 Å². The number of azide groups is 1. The molecule has 0 bridgehead atoms. The van der Waals surface area contributed by atoms with Crippen LogP contribution in [0.1, 0.15) is 24.3 Å².